The summed E-state index contributed by atoms with van der Waals surface area (Å²) in [6.45, 7) is 15.9. The molecule has 2 aromatic rings. The van der Waals surface area contributed by atoms with Crippen molar-refractivity contribution in [2.24, 2.45) is 0 Å². The first-order valence-electron chi connectivity index (χ1n) is 10.6. The van der Waals surface area contributed by atoms with E-state index in [-0.39, 0.29) is 6.71 Å². The van der Waals surface area contributed by atoms with Crippen LogP contribution in [0.5, 0.6) is 0 Å². The molecule has 0 saturated heterocycles. The summed E-state index contributed by atoms with van der Waals surface area (Å²) in [5, 5.41) is 0. The number of hydrogen-bond acceptors (Lipinski definition) is 0. The van der Waals surface area contributed by atoms with Crippen LogP contribution in [0.3, 0.4) is 0 Å². The SMILES string of the molecule is CCCCCCC=[C-]B(c1c(C)cc(C)cc1C)c1c(C)cc(C)cc1C. The van der Waals surface area contributed by atoms with E-state index < -0.39 is 0 Å². The first-order chi connectivity index (χ1) is 12.8. The van der Waals surface area contributed by atoms with Crippen LogP contribution in [0.2, 0.25) is 0 Å². The normalized spacial score (nSPS) is 11.4. The van der Waals surface area contributed by atoms with Crippen molar-refractivity contribution in [2.45, 2.75) is 80.6 Å². The Morgan fingerprint density at radius 3 is 1.56 bits per heavy atom. The minimum Gasteiger partial charge on any atom is -0.517 e. The summed E-state index contributed by atoms with van der Waals surface area (Å²) in [4.78, 5) is 0. The Hall–Kier alpha value is -1.76. The lowest BCUT2D eigenvalue weighted by atomic mass is 9.37. The number of benzene rings is 2. The molecule has 144 valence electrons. The third-order valence-electron chi connectivity index (χ3n) is 5.54. The van der Waals surface area contributed by atoms with Crippen LogP contribution in [-0.4, -0.2) is 6.71 Å². The second-order valence-corrected chi connectivity index (χ2v) is 8.28. The number of aryl methyl sites for hydroxylation is 6. The summed E-state index contributed by atoms with van der Waals surface area (Å²) in [7, 11) is 0. The fourth-order valence-electron chi connectivity index (χ4n) is 4.48. The van der Waals surface area contributed by atoms with Crippen LogP contribution in [-0.2, 0) is 0 Å². The topological polar surface area (TPSA) is 0 Å². The number of allylic oxidation sites excluding steroid dienone is 1. The highest BCUT2D eigenvalue weighted by molar-refractivity contribution is 6.88. The first-order valence-corrected chi connectivity index (χ1v) is 10.6. The molecule has 0 amide bonds. The summed E-state index contributed by atoms with van der Waals surface area (Å²) in [5.74, 6) is 3.81. The Kier molecular flexibility index (Phi) is 7.96. The molecule has 0 atom stereocenters. The van der Waals surface area contributed by atoms with Crippen molar-refractivity contribution >= 4 is 17.6 Å². The van der Waals surface area contributed by atoms with Gasteiger partial charge in [0.2, 0.25) is 0 Å². The van der Waals surface area contributed by atoms with E-state index in [2.05, 4.69) is 84.8 Å². The Balaban J connectivity index is 2.46. The van der Waals surface area contributed by atoms with Gasteiger partial charge >= 0.3 is 0 Å². The van der Waals surface area contributed by atoms with Gasteiger partial charge in [-0.25, -0.2) is 0 Å². The quantitative estimate of drug-likeness (QED) is 0.307. The van der Waals surface area contributed by atoms with Gasteiger partial charge in [-0.15, -0.1) is 10.9 Å². The molecule has 27 heavy (non-hydrogen) atoms. The molecule has 0 heterocycles. The molecule has 2 rings (SSSR count). The van der Waals surface area contributed by atoms with E-state index in [0.29, 0.717) is 0 Å². The van der Waals surface area contributed by atoms with E-state index in [1.54, 1.807) is 0 Å². The standard InChI is InChI=1S/C26H36B/c1-8-9-10-11-12-13-14-27(25-21(4)15-19(2)16-22(25)5)26-23(6)17-20(3)18-24(26)7/h13,15-18H,8-12H2,1-7H3/q-1. The Morgan fingerprint density at radius 1 is 0.704 bits per heavy atom. The van der Waals surface area contributed by atoms with Crippen LogP contribution >= 0.6 is 0 Å². The summed E-state index contributed by atoms with van der Waals surface area (Å²) in [6, 6.07) is 9.27. The summed E-state index contributed by atoms with van der Waals surface area (Å²) in [6.07, 6.45) is 8.65. The van der Waals surface area contributed by atoms with Gasteiger partial charge in [0.25, 0.3) is 0 Å². The maximum Gasteiger partial charge on any atom is 0.0418 e. The lowest BCUT2D eigenvalue weighted by Gasteiger charge is -2.30. The minimum absolute atomic E-state index is 0.220. The second-order valence-electron chi connectivity index (χ2n) is 8.28. The Bertz CT molecular complexity index is 694. The summed E-state index contributed by atoms with van der Waals surface area (Å²) in [5.41, 5.74) is 11.1. The van der Waals surface area contributed by atoms with Gasteiger partial charge < -0.3 is 5.98 Å². The smallest absolute Gasteiger partial charge is 0.0418 e. The van der Waals surface area contributed by atoms with Crippen LogP contribution < -0.4 is 10.9 Å². The highest BCUT2D eigenvalue weighted by Crippen LogP contribution is 2.13. The first kappa shape index (κ1) is 21.5. The van der Waals surface area contributed by atoms with E-state index in [1.165, 1.54) is 70.0 Å². The zero-order valence-electron chi connectivity index (χ0n) is 18.5. The molecular formula is C26H36B-. The van der Waals surface area contributed by atoms with Crippen molar-refractivity contribution in [3.8, 4) is 0 Å². The Morgan fingerprint density at radius 2 is 1.15 bits per heavy atom. The number of unbranched alkanes of at least 4 members (excludes halogenated alkanes) is 4. The highest BCUT2D eigenvalue weighted by atomic mass is 14.1. The maximum absolute atomic E-state index is 3.81. The van der Waals surface area contributed by atoms with E-state index in [9.17, 15) is 0 Å². The molecule has 0 spiro atoms. The molecule has 0 nitrogen and oxygen atoms in total. The molecule has 1 heteroatoms. The lowest BCUT2D eigenvalue weighted by Crippen LogP contribution is -2.46. The predicted octanol–water partition coefficient (Wildman–Crippen LogP) is 6.02. The highest BCUT2D eigenvalue weighted by Gasteiger charge is 2.15. The molecule has 0 aliphatic heterocycles. The monoisotopic (exact) mass is 359 g/mol. The third-order valence-corrected chi connectivity index (χ3v) is 5.54. The van der Waals surface area contributed by atoms with E-state index in [4.69, 9.17) is 0 Å². The fraction of sp³-hybridized carbons (Fsp3) is 0.462. The fourth-order valence-corrected chi connectivity index (χ4v) is 4.48. The van der Waals surface area contributed by atoms with Crippen molar-refractivity contribution in [3.63, 3.8) is 0 Å². The van der Waals surface area contributed by atoms with Crippen molar-refractivity contribution < 1.29 is 0 Å². The van der Waals surface area contributed by atoms with E-state index in [1.807, 2.05) is 0 Å². The van der Waals surface area contributed by atoms with Crippen LogP contribution in [0.1, 0.15) is 72.4 Å². The van der Waals surface area contributed by atoms with Gasteiger partial charge in [0.15, 0.2) is 0 Å². The van der Waals surface area contributed by atoms with Gasteiger partial charge in [-0.1, -0.05) is 96.7 Å². The van der Waals surface area contributed by atoms with Crippen molar-refractivity contribution in [1.29, 1.82) is 0 Å². The number of hydrogen-bond donors (Lipinski definition) is 0. The molecule has 0 N–H and O–H groups in total. The predicted molar refractivity (Wildman–Crippen MR) is 123 cm³/mol. The van der Waals surface area contributed by atoms with Crippen molar-refractivity contribution in [3.05, 3.63) is 69.7 Å². The lowest BCUT2D eigenvalue weighted by molar-refractivity contribution is 0.674. The molecule has 2 aromatic carbocycles. The third kappa shape index (κ3) is 5.61. The van der Waals surface area contributed by atoms with E-state index >= 15 is 0 Å². The molecule has 0 aliphatic rings. The van der Waals surface area contributed by atoms with Gasteiger partial charge in [-0.2, -0.15) is 0 Å². The van der Waals surface area contributed by atoms with Gasteiger partial charge in [-0.3, -0.25) is 6.08 Å². The summed E-state index contributed by atoms with van der Waals surface area (Å²) < 4.78 is 0. The van der Waals surface area contributed by atoms with Crippen LogP contribution in [0, 0.1) is 47.5 Å². The second kappa shape index (κ2) is 9.97. The molecule has 0 saturated carbocycles. The zero-order valence-corrected chi connectivity index (χ0v) is 18.5. The van der Waals surface area contributed by atoms with Crippen LogP contribution in [0.4, 0.5) is 0 Å². The average Bonchev–Trinajstić information content (AvgIpc) is 2.55. The van der Waals surface area contributed by atoms with Gasteiger partial charge in [0, 0.05) is 6.71 Å². The molecule has 0 aliphatic carbocycles. The molecule has 0 fully saturated rings. The van der Waals surface area contributed by atoms with Gasteiger partial charge in [0.1, 0.15) is 0 Å². The molecular weight excluding hydrogens is 323 g/mol. The van der Waals surface area contributed by atoms with E-state index in [0.717, 1.165) is 6.42 Å². The van der Waals surface area contributed by atoms with Crippen molar-refractivity contribution in [1.82, 2.24) is 0 Å². The van der Waals surface area contributed by atoms with Crippen LogP contribution in [0.25, 0.3) is 0 Å². The molecule has 0 aromatic heterocycles. The van der Waals surface area contributed by atoms with Gasteiger partial charge in [-0.05, 0) is 41.5 Å². The zero-order chi connectivity index (χ0) is 20.0. The average molecular weight is 359 g/mol. The Labute approximate surface area is 168 Å². The largest absolute Gasteiger partial charge is 0.517 e. The van der Waals surface area contributed by atoms with Gasteiger partial charge in [0.05, 0.1) is 0 Å². The van der Waals surface area contributed by atoms with Crippen molar-refractivity contribution in [2.75, 3.05) is 0 Å². The number of rotatable bonds is 8. The molecule has 0 radical (unpaired) electrons. The maximum atomic E-state index is 3.81. The minimum atomic E-state index is 0.220. The summed E-state index contributed by atoms with van der Waals surface area (Å²) >= 11 is 0. The van der Waals surface area contributed by atoms with Crippen LogP contribution in [0.15, 0.2) is 30.3 Å². The molecule has 0 unspecified atom stereocenters. The molecule has 0 bridgehead atoms.